The fourth-order valence-corrected chi connectivity index (χ4v) is 15.4. The van der Waals surface area contributed by atoms with Gasteiger partial charge in [-0.1, -0.05) is 233 Å². The summed E-state index contributed by atoms with van der Waals surface area (Å²) in [5.74, 6) is 1.72. The minimum atomic E-state index is -0.181. The molecule has 18 rings (SSSR count). The maximum absolute atomic E-state index is 5.84. The van der Waals surface area contributed by atoms with Crippen molar-refractivity contribution in [3.8, 4) is 78.7 Å². The molecule has 3 heterocycles. The second-order valence-electron chi connectivity index (χ2n) is 26.9. The topological polar surface area (TPSA) is 45.2 Å². The van der Waals surface area contributed by atoms with Crippen LogP contribution in [0.2, 0.25) is 0 Å². The lowest BCUT2D eigenvalue weighted by Crippen LogP contribution is -2.61. The zero-order chi connectivity index (χ0) is 65.9. The summed E-state index contributed by atoms with van der Waals surface area (Å²) >= 11 is 0. The highest BCUT2D eigenvalue weighted by Gasteiger charge is 2.44. The Labute approximate surface area is 579 Å². The van der Waals surface area contributed by atoms with Gasteiger partial charge in [0.05, 0.1) is 0 Å². The third-order valence-corrected chi connectivity index (χ3v) is 20.4. The Morgan fingerprint density at radius 3 is 0.869 bits per heavy atom. The third-order valence-electron chi connectivity index (χ3n) is 20.4. The van der Waals surface area contributed by atoms with Crippen LogP contribution in [0.1, 0.15) is 50.7 Å². The molecule has 16 aromatic rings. The van der Waals surface area contributed by atoms with Crippen LogP contribution in [0, 0.1) is 0 Å². The van der Waals surface area contributed by atoms with Gasteiger partial charge in [-0.2, -0.15) is 0 Å². The monoisotopic (exact) mass is 1270 g/mol. The molecule has 15 aromatic carbocycles. The average Bonchev–Trinajstić information content (AvgIpc) is 0.690. The summed E-state index contributed by atoms with van der Waals surface area (Å²) in [5, 5.41) is 9.69. The Balaban J connectivity index is 0.956. The van der Waals surface area contributed by atoms with Crippen molar-refractivity contribution in [2.75, 3.05) is 9.80 Å². The highest BCUT2D eigenvalue weighted by molar-refractivity contribution is 7.00. The summed E-state index contributed by atoms with van der Waals surface area (Å²) in [4.78, 5) is 22.5. The van der Waals surface area contributed by atoms with Gasteiger partial charge in [0.2, 0.25) is 0 Å². The standard InChI is InChI=1S/C93H70BN5/c1-3-5-23-61-37-41-82(42-38-61)98-86-57-77-47-69-35-21-19-33-67(69)45-75(77)55-84(86)94-85-56-76-46-68-34-20-22-36-70(68)48-78(76)58-87(85)99(83-43-39-62(40-44-83)24-6-4-2)89-60-81(59-88(98)90(89)94)93-96-91(79-51-71(63-25-11-7-12-26-63)49-72(52-79)64-27-13-8-14-28-64)95-92(97-93)80-53-73(65-29-15-9-16-30-65)50-74(54-80)66-31-17-10-18-32-66/h7-22,25-60H,3-6,23-24H2,1-2H3. The molecule has 6 heteroatoms. The lowest BCUT2D eigenvalue weighted by molar-refractivity contribution is 0.795. The molecule has 470 valence electrons. The summed E-state index contributed by atoms with van der Waals surface area (Å²) in [7, 11) is 0. The molecule has 0 saturated carbocycles. The Kier molecular flexibility index (Phi) is 15.2. The van der Waals surface area contributed by atoms with Crippen LogP contribution in [-0.4, -0.2) is 21.7 Å². The Morgan fingerprint density at radius 1 is 0.253 bits per heavy atom. The van der Waals surface area contributed by atoms with Crippen molar-refractivity contribution >= 4 is 100 Å². The minimum Gasteiger partial charge on any atom is -0.311 e. The normalized spacial score (nSPS) is 12.3. The number of aromatic nitrogens is 3. The second-order valence-corrected chi connectivity index (χ2v) is 26.9. The van der Waals surface area contributed by atoms with E-state index in [0.717, 1.165) is 134 Å². The summed E-state index contributed by atoms with van der Waals surface area (Å²) in [5.41, 5.74) is 24.4. The van der Waals surface area contributed by atoms with Gasteiger partial charge in [0.15, 0.2) is 17.5 Å². The van der Waals surface area contributed by atoms with E-state index < -0.39 is 0 Å². The van der Waals surface area contributed by atoms with Crippen molar-refractivity contribution in [3.05, 3.63) is 327 Å². The number of fused-ring (bicyclic) bond motifs is 8. The van der Waals surface area contributed by atoms with E-state index in [-0.39, 0.29) is 6.71 Å². The number of hydrogen-bond donors (Lipinski definition) is 0. The fraction of sp³-hybridized carbons (Fsp3) is 0.0860. The molecule has 1 aromatic heterocycles. The van der Waals surface area contributed by atoms with Crippen LogP contribution >= 0.6 is 0 Å². The van der Waals surface area contributed by atoms with Crippen LogP contribution in [0.5, 0.6) is 0 Å². The number of hydrogen-bond acceptors (Lipinski definition) is 5. The lowest BCUT2D eigenvalue weighted by atomic mass is 9.33. The molecule has 5 nitrogen and oxygen atoms in total. The van der Waals surface area contributed by atoms with Gasteiger partial charge in [-0.15, -0.1) is 0 Å². The SMILES string of the molecule is CCCCc1ccc(N2c3cc4cc5ccccc5cc4cc3B3c4cc5cc6ccccc6cc5cc4N(c4ccc(CCCC)cc4)c4cc(-c5nc(-c6cc(-c7ccccc7)cc(-c7ccccc7)c6)nc(-c6cc(-c7ccccc7)cc(-c7ccccc7)c6)n5)cc2c43)cc1. The van der Waals surface area contributed by atoms with Gasteiger partial charge in [-0.3, -0.25) is 0 Å². The maximum Gasteiger partial charge on any atom is 0.252 e. The highest BCUT2D eigenvalue weighted by Crippen LogP contribution is 2.48. The van der Waals surface area contributed by atoms with Crippen molar-refractivity contribution in [1.82, 2.24) is 15.0 Å². The Bertz CT molecular complexity index is 5300. The second kappa shape index (κ2) is 25.2. The van der Waals surface area contributed by atoms with Gasteiger partial charge in [0.1, 0.15) is 0 Å². The van der Waals surface area contributed by atoms with Crippen molar-refractivity contribution in [2.24, 2.45) is 0 Å². The van der Waals surface area contributed by atoms with E-state index in [1.54, 1.807) is 0 Å². The first-order valence-corrected chi connectivity index (χ1v) is 35.1. The van der Waals surface area contributed by atoms with Crippen LogP contribution in [0.4, 0.5) is 34.1 Å². The summed E-state index contributed by atoms with van der Waals surface area (Å²) in [6.45, 7) is 4.37. The molecule has 99 heavy (non-hydrogen) atoms. The summed E-state index contributed by atoms with van der Waals surface area (Å²) in [6, 6.07) is 117. The minimum absolute atomic E-state index is 0.181. The molecular weight excluding hydrogens is 1200 g/mol. The first kappa shape index (κ1) is 59.5. The lowest BCUT2D eigenvalue weighted by Gasteiger charge is -2.44. The molecule has 0 radical (unpaired) electrons. The zero-order valence-corrected chi connectivity index (χ0v) is 55.6. The first-order chi connectivity index (χ1) is 48.9. The van der Waals surface area contributed by atoms with Crippen molar-refractivity contribution in [2.45, 2.75) is 52.4 Å². The largest absolute Gasteiger partial charge is 0.311 e. The first-order valence-electron chi connectivity index (χ1n) is 35.1. The van der Waals surface area contributed by atoms with E-state index >= 15 is 0 Å². The van der Waals surface area contributed by atoms with Crippen LogP contribution in [-0.2, 0) is 12.8 Å². The molecule has 0 aliphatic carbocycles. The molecule has 2 aliphatic rings. The van der Waals surface area contributed by atoms with Crippen molar-refractivity contribution in [3.63, 3.8) is 0 Å². The molecule has 0 N–H and O–H groups in total. The molecular formula is C93H70BN5. The van der Waals surface area contributed by atoms with Crippen molar-refractivity contribution in [1.29, 1.82) is 0 Å². The Morgan fingerprint density at radius 2 is 0.545 bits per heavy atom. The number of rotatable bonds is 15. The number of nitrogens with zero attached hydrogens (tertiary/aromatic N) is 5. The number of unbranched alkanes of at least 4 members (excludes halogenated alkanes) is 2. The number of benzene rings is 15. The van der Waals surface area contributed by atoms with Gasteiger partial charge >= 0.3 is 0 Å². The third kappa shape index (κ3) is 11.1. The van der Waals surface area contributed by atoms with Gasteiger partial charge in [-0.25, -0.2) is 15.0 Å². The van der Waals surface area contributed by atoms with Crippen LogP contribution in [0.3, 0.4) is 0 Å². The van der Waals surface area contributed by atoms with Gasteiger partial charge in [-0.05, 0) is 250 Å². The maximum atomic E-state index is 5.84. The molecule has 2 aliphatic heterocycles. The molecule has 0 saturated heterocycles. The van der Waals surface area contributed by atoms with Gasteiger partial charge in [0.25, 0.3) is 6.71 Å². The predicted molar refractivity (Wildman–Crippen MR) is 419 cm³/mol. The van der Waals surface area contributed by atoms with E-state index in [0.29, 0.717) is 17.5 Å². The quantitative estimate of drug-likeness (QED) is 0.0756. The number of aryl methyl sites for hydroxylation is 2. The predicted octanol–water partition coefficient (Wildman–Crippen LogP) is 22.9. The van der Waals surface area contributed by atoms with E-state index in [9.17, 15) is 0 Å². The molecule has 0 amide bonds. The van der Waals surface area contributed by atoms with E-state index in [1.165, 1.54) is 70.6 Å². The van der Waals surface area contributed by atoms with E-state index in [2.05, 4.69) is 339 Å². The van der Waals surface area contributed by atoms with Gasteiger partial charge < -0.3 is 9.80 Å². The number of anilines is 6. The molecule has 0 spiro atoms. The van der Waals surface area contributed by atoms with Crippen molar-refractivity contribution < 1.29 is 0 Å². The smallest absolute Gasteiger partial charge is 0.252 e. The molecule has 0 fully saturated rings. The summed E-state index contributed by atoms with van der Waals surface area (Å²) < 4.78 is 0. The van der Waals surface area contributed by atoms with Crippen LogP contribution < -0.4 is 26.2 Å². The fourth-order valence-electron chi connectivity index (χ4n) is 15.4. The molecule has 0 atom stereocenters. The zero-order valence-electron chi connectivity index (χ0n) is 55.6. The van der Waals surface area contributed by atoms with Crippen LogP contribution in [0.25, 0.3) is 122 Å². The Hall–Kier alpha value is -12.0. The van der Waals surface area contributed by atoms with Gasteiger partial charge in [0, 0.05) is 50.8 Å². The highest BCUT2D eigenvalue weighted by atomic mass is 15.2. The average molecular weight is 1270 g/mol. The summed E-state index contributed by atoms with van der Waals surface area (Å²) in [6.07, 6.45) is 6.58. The van der Waals surface area contributed by atoms with E-state index in [1.807, 2.05) is 0 Å². The van der Waals surface area contributed by atoms with Crippen LogP contribution in [0.15, 0.2) is 315 Å². The van der Waals surface area contributed by atoms with E-state index in [4.69, 9.17) is 15.0 Å². The molecule has 0 unspecified atom stereocenters. The molecule has 0 bridgehead atoms.